The van der Waals surface area contributed by atoms with Crippen LogP contribution in [0.5, 0.6) is 0 Å². The van der Waals surface area contributed by atoms with Crippen molar-refractivity contribution >= 4 is 39.3 Å². The number of rotatable bonds is 2. The molecule has 0 spiro atoms. The van der Waals surface area contributed by atoms with Crippen LogP contribution in [0.3, 0.4) is 0 Å². The number of hydrogen-bond acceptors (Lipinski definition) is 4. The molecule has 0 amide bonds. The highest BCUT2D eigenvalue weighted by molar-refractivity contribution is 9.10. The monoisotopic (exact) mass is 331 g/mol. The summed E-state index contributed by atoms with van der Waals surface area (Å²) in [5.41, 5.74) is 0.492. The molecule has 0 aliphatic heterocycles. The van der Waals surface area contributed by atoms with Crippen LogP contribution in [0.25, 0.3) is 0 Å². The predicted octanol–water partition coefficient (Wildman–Crippen LogP) is 3.04. The quantitative estimate of drug-likeness (QED) is 0.859. The summed E-state index contributed by atoms with van der Waals surface area (Å²) in [6, 6.07) is 3.18. The Morgan fingerprint density at radius 1 is 1.47 bits per heavy atom. The lowest BCUT2D eigenvalue weighted by Gasteiger charge is -2.03. The number of halogens is 2. The van der Waals surface area contributed by atoms with Crippen LogP contribution in [-0.4, -0.2) is 15.0 Å². The summed E-state index contributed by atoms with van der Waals surface area (Å²) in [5.74, 6) is 0. The molecule has 2 heterocycles. The van der Waals surface area contributed by atoms with Crippen LogP contribution in [0.1, 0.15) is 5.69 Å². The topological polar surface area (TPSA) is 58.6 Å². The first-order valence-corrected chi connectivity index (χ1v) is 6.60. The Balaban J connectivity index is 2.34. The molecule has 0 bridgehead atoms. The van der Waals surface area contributed by atoms with E-state index in [0.29, 0.717) is 20.9 Å². The van der Waals surface area contributed by atoms with E-state index in [-0.39, 0.29) is 5.56 Å². The molecule has 0 fully saturated rings. The maximum atomic E-state index is 11.3. The van der Waals surface area contributed by atoms with Crippen LogP contribution in [0.4, 0.5) is 0 Å². The summed E-state index contributed by atoms with van der Waals surface area (Å²) >= 11 is 10.4. The Hall–Kier alpha value is -0.850. The molecule has 2 rings (SSSR count). The molecule has 0 aliphatic carbocycles. The standard InChI is InChI=1S/C10H7BrClN3OS/c1-5-2-8(16)15-10(14-5)17-9-7(11)3-6(12)4-13-9/h2-4H,1H3,(H,14,15,16). The third-order valence-corrected chi connectivity index (χ3v) is 3.79. The molecule has 0 aliphatic rings. The van der Waals surface area contributed by atoms with Gasteiger partial charge in [-0.3, -0.25) is 4.79 Å². The molecule has 7 heteroatoms. The number of H-pyrrole nitrogens is 1. The number of nitrogens with one attached hydrogen (secondary N) is 1. The smallest absolute Gasteiger partial charge is 0.251 e. The van der Waals surface area contributed by atoms with E-state index in [9.17, 15) is 4.79 Å². The molecule has 88 valence electrons. The van der Waals surface area contributed by atoms with Crippen LogP contribution >= 0.6 is 39.3 Å². The fourth-order valence-electron chi connectivity index (χ4n) is 1.17. The molecule has 1 N–H and O–H groups in total. The van der Waals surface area contributed by atoms with Crippen LogP contribution in [-0.2, 0) is 0 Å². The second-order valence-electron chi connectivity index (χ2n) is 3.23. The zero-order valence-corrected chi connectivity index (χ0v) is 11.9. The second-order valence-corrected chi connectivity index (χ2v) is 5.50. The largest absolute Gasteiger partial charge is 0.301 e. The van der Waals surface area contributed by atoms with Crippen molar-refractivity contribution in [2.45, 2.75) is 17.1 Å². The van der Waals surface area contributed by atoms with Crippen molar-refractivity contribution in [1.82, 2.24) is 15.0 Å². The SMILES string of the molecule is Cc1cc(=O)[nH]c(Sc2ncc(Cl)cc2Br)n1. The van der Waals surface area contributed by atoms with Gasteiger partial charge in [0, 0.05) is 18.0 Å². The summed E-state index contributed by atoms with van der Waals surface area (Å²) in [7, 11) is 0. The fraction of sp³-hybridized carbons (Fsp3) is 0.100. The van der Waals surface area contributed by atoms with Gasteiger partial charge >= 0.3 is 0 Å². The first-order valence-electron chi connectivity index (χ1n) is 4.61. The Labute approximate surface area is 115 Å². The summed E-state index contributed by atoms with van der Waals surface area (Å²) in [4.78, 5) is 22.3. The van der Waals surface area contributed by atoms with Crippen molar-refractivity contribution in [3.8, 4) is 0 Å². The number of aryl methyl sites for hydroxylation is 1. The lowest BCUT2D eigenvalue weighted by molar-refractivity contribution is 0.901. The van der Waals surface area contributed by atoms with Gasteiger partial charge in [0.15, 0.2) is 5.16 Å². The third-order valence-electron chi connectivity index (χ3n) is 1.82. The van der Waals surface area contributed by atoms with E-state index in [2.05, 4.69) is 30.9 Å². The van der Waals surface area contributed by atoms with E-state index in [1.54, 1.807) is 19.2 Å². The normalized spacial score (nSPS) is 10.5. The highest BCUT2D eigenvalue weighted by Gasteiger charge is 2.07. The predicted molar refractivity (Wildman–Crippen MR) is 70.7 cm³/mol. The third kappa shape index (κ3) is 3.31. The van der Waals surface area contributed by atoms with Crippen LogP contribution in [0.2, 0.25) is 5.02 Å². The van der Waals surface area contributed by atoms with Crippen molar-refractivity contribution in [1.29, 1.82) is 0 Å². The van der Waals surface area contributed by atoms with Gasteiger partial charge in [-0.15, -0.1) is 0 Å². The zero-order valence-electron chi connectivity index (χ0n) is 8.70. The van der Waals surface area contributed by atoms with Gasteiger partial charge in [-0.05, 0) is 40.7 Å². The van der Waals surface area contributed by atoms with E-state index in [1.165, 1.54) is 17.8 Å². The highest BCUT2D eigenvalue weighted by Crippen LogP contribution is 2.30. The summed E-state index contributed by atoms with van der Waals surface area (Å²) in [6.07, 6.45) is 1.54. The molecular formula is C10H7BrClN3OS. The Morgan fingerprint density at radius 3 is 2.88 bits per heavy atom. The van der Waals surface area contributed by atoms with Gasteiger partial charge in [0.1, 0.15) is 5.03 Å². The molecule has 0 saturated heterocycles. The van der Waals surface area contributed by atoms with Crippen molar-refractivity contribution in [2.24, 2.45) is 0 Å². The molecule has 4 nitrogen and oxygen atoms in total. The van der Waals surface area contributed by atoms with Gasteiger partial charge in [-0.1, -0.05) is 11.6 Å². The Morgan fingerprint density at radius 2 is 2.24 bits per heavy atom. The zero-order chi connectivity index (χ0) is 12.4. The summed E-state index contributed by atoms with van der Waals surface area (Å²) < 4.78 is 0.763. The Bertz CT molecular complexity index is 617. The summed E-state index contributed by atoms with van der Waals surface area (Å²) in [5, 5.41) is 1.75. The van der Waals surface area contributed by atoms with Gasteiger partial charge in [0.25, 0.3) is 5.56 Å². The van der Waals surface area contributed by atoms with Crippen LogP contribution in [0, 0.1) is 6.92 Å². The highest BCUT2D eigenvalue weighted by atomic mass is 79.9. The molecule has 0 unspecified atom stereocenters. The number of aromatic amines is 1. The van der Waals surface area contributed by atoms with Crippen LogP contribution in [0.15, 0.2) is 37.8 Å². The molecule has 0 saturated carbocycles. The van der Waals surface area contributed by atoms with E-state index < -0.39 is 0 Å². The fourth-order valence-corrected chi connectivity index (χ4v) is 2.84. The van der Waals surface area contributed by atoms with Gasteiger partial charge in [-0.25, -0.2) is 9.97 Å². The number of pyridine rings is 1. The lowest BCUT2D eigenvalue weighted by Crippen LogP contribution is -2.08. The molecule has 0 atom stereocenters. The van der Waals surface area contributed by atoms with Gasteiger partial charge in [0.2, 0.25) is 0 Å². The van der Waals surface area contributed by atoms with Crippen molar-refractivity contribution in [3.05, 3.63) is 43.9 Å². The average Bonchev–Trinajstić information content (AvgIpc) is 2.21. The van der Waals surface area contributed by atoms with Gasteiger partial charge in [-0.2, -0.15) is 0 Å². The minimum Gasteiger partial charge on any atom is -0.301 e. The van der Waals surface area contributed by atoms with Gasteiger partial charge in [0.05, 0.1) is 9.50 Å². The Kier molecular flexibility index (Phi) is 3.86. The maximum absolute atomic E-state index is 11.3. The molecular weight excluding hydrogens is 326 g/mol. The van der Waals surface area contributed by atoms with E-state index in [4.69, 9.17) is 11.6 Å². The average molecular weight is 333 g/mol. The van der Waals surface area contributed by atoms with Crippen molar-refractivity contribution in [2.75, 3.05) is 0 Å². The number of aromatic nitrogens is 3. The van der Waals surface area contributed by atoms with E-state index >= 15 is 0 Å². The van der Waals surface area contributed by atoms with Crippen molar-refractivity contribution < 1.29 is 0 Å². The number of hydrogen-bond donors (Lipinski definition) is 1. The van der Waals surface area contributed by atoms with E-state index in [0.717, 1.165) is 4.47 Å². The first kappa shape index (κ1) is 12.6. The molecule has 0 radical (unpaired) electrons. The van der Waals surface area contributed by atoms with Crippen molar-refractivity contribution in [3.63, 3.8) is 0 Å². The summed E-state index contributed by atoms with van der Waals surface area (Å²) in [6.45, 7) is 1.77. The minimum atomic E-state index is -0.176. The molecule has 2 aromatic heterocycles. The lowest BCUT2D eigenvalue weighted by atomic mass is 10.5. The second kappa shape index (κ2) is 5.20. The van der Waals surface area contributed by atoms with Crippen LogP contribution < -0.4 is 5.56 Å². The number of nitrogens with zero attached hydrogens (tertiary/aromatic N) is 2. The van der Waals surface area contributed by atoms with Gasteiger partial charge < -0.3 is 4.98 Å². The molecule has 2 aromatic rings. The molecule has 17 heavy (non-hydrogen) atoms. The van der Waals surface area contributed by atoms with E-state index in [1.807, 2.05) is 0 Å². The first-order chi connectivity index (χ1) is 8.04. The minimum absolute atomic E-state index is 0.176. The maximum Gasteiger partial charge on any atom is 0.251 e. The molecule has 0 aromatic carbocycles.